The van der Waals surface area contributed by atoms with Gasteiger partial charge in [-0.05, 0) is 54.1 Å². The molecule has 166 valence electrons. The van der Waals surface area contributed by atoms with Crippen LogP contribution in [0.1, 0.15) is 21.5 Å². The van der Waals surface area contributed by atoms with Crippen LogP contribution in [0.3, 0.4) is 0 Å². The van der Waals surface area contributed by atoms with E-state index in [0.29, 0.717) is 33.2 Å². The molecule has 4 rings (SSSR count). The van der Waals surface area contributed by atoms with Gasteiger partial charge in [0, 0.05) is 5.02 Å². The zero-order chi connectivity index (χ0) is 23.4. The van der Waals surface area contributed by atoms with Crippen molar-refractivity contribution in [1.82, 2.24) is 0 Å². The summed E-state index contributed by atoms with van der Waals surface area (Å²) in [6.07, 6.45) is 1.54. The summed E-state index contributed by atoms with van der Waals surface area (Å²) < 4.78 is 21.4. The molecule has 1 aliphatic heterocycles. The Bertz CT molecular complexity index is 1280. The number of halogens is 1. The average Bonchev–Trinajstić information content (AvgIpc) is 3.20. The second-order valence-electron chi connectivity index (χ2n) is 6.85. The molecule has 1 aliphatic rings. The second-order valence-corrected chi connectivity index (χ2v) is 7.28. The monoisotopic (exact) mass is 463 g/mol. The molecule has 8 heteroatoms. The van der Waals surface area contributed by atoms with Crippen molar-refractivity contribution in [3.05, 3.63) is 94.1 Å². The zero-order valence-corrected chi connectivity index (χ0v) is 18.5. The lowest BCUT2D eigenvalue weighted by Crippen LogP contribution is -2.09. The number of benzene rings is 3. The quantitative estimate of drug-likeness (QED) is 0.293. The van der Waals surface area contributed by atoms with Crippen molar-refractivity contribution in [1.29, 1.82) is 0 Å². The van der Waals surface area contributed by atoms with Gasteiger partial charge in [0.25, 0.3) is 0 Å². The Morgan fingerprint density at radius 1 is 0.939 bits per heavy atom. The van der Waals surface area contributed by atoms with Crippen LogP contribution in [-0.2, 0) is 9.53 Å². The van der Waals surface area contributed by atoms with Crippen LogP contribution >= 0.6 is 11.6 Å². The lowest BCUT2D eigenvalue weighted by atomic mass is 10.1. The van der Waals surface area contributed by atoms with E-state index in [1.165, 1.54) is 20.3 Å². The van der Waals surface area contributed by atoms with Gasteiger partial charge in [0.05, 0.1) is 25.3 Å². The van der Waals surface area contributed by atoms with E-state index in [0.717, 1.165) is 0 Å². The maximum absolute atomic E-state index is 12.4. The summed E-state index contributed by atoms with van der Waals surface area (Å²) >= 11 is 6.06. The fourth-order valence-corrected chi connectivity index (χ4v) is 3.29. The van der Waals surface area contributed by atoms with E-state index >= 15 is 0 Å². The lowest BCUT2D eigenvalue weighted by molar-refractivity contribution is -0.129. The van der Waals surface area contributed by atoms with Gasteiger partial charge in [-0.15, -0.1) is 0 Å². The van der Waals surface area contributed by atoms with E-state index in [2.05, 4.69) is 4.99 Å². The number of hydrogen-bond donors (Lipinski definition) is 0. The topological polar surface area (TPSA) is 83.4 Å². The molecule has 0 radical (unpaired) electrons. The summed E-state index contributed by atoms with van der Waals surface area (Å²) in [5.74, 6) is -0.00448. The van der Waals surface area contributed by atoms with Gasteiger partial charge in [-0.25, -0.2) is 14.6 Å². The highest BCUT2D eigenvalue weighted by Crippen LogP contribution is 2.31. The number of rotatable bonds is 6. The molecular weight excluding hydrogens is 446 g/mol. The first-order valence-electron chi connectivity index (χ1n) is 9.80. The van der Waals surface area contributed by atoms with Crippen molar-refractivity contribution in [3.63, 3.8) is 0 Å². The largest absolute Gasteiger partial charge is 0.496 e. The molecule has 0 N–H and O–H groups in total. The minimum atomic E-state index is -0.620. The molecule has 0 spiro atoms. The maximum Gasteiger partial charge on any atom is 0.363 e. The van der Waals surface area contributed by atoms with Gasteiger partial charge in [-0.3, -0.25) is 0 Å². The van der Waals surface area contributed by atoms with Gasteiger partial charge in [-0.2, -0.15) is 0 Å². The van der Waals surface area contributed by atoms with Crippen molar-refractivity contribution in [2.75, 3.05) is 14.2 Å². The van der Waals surface area contributed by atoms with Gasteiger partial charge >= 0.3 is 11.9 Å². The molecule has 7 nitrogen and oxygen atoms in total. The van der Waals surface area contributed by atoms with E-state index in [9.17, 15) is 9.59 Å². The summed E-state index contributed by atoms with van der Waals surface area (Å²) in [7, 11) is 2.96. The van der Waals surface area contributed by atoms with Crippen LogP contribution in [0.5, 0.6) is 17.2 Å². The molecule has 0 saturated heterocycles. The number of nitrogens with zero attached hydrogens (tertiary/aromatic N) is 1. The number of carbonyl (C=O) groups excluding carboxylic acids is 2. The van der Waals surface area contributed by atoms with Crippen LogP contribution in [0, 0.1) is 0 Å². The Hall–Kier alpha value is -4.10. The highest BCUT2D eigenvalue weighted by atomic mass is 35.5. The molecule has 0 amide bonds. The Labute approximate surface area is 194 Å². The Morgan fingerprint density at radius 2 is 1.67 bits per heavy atom. The SMILES string of the molecule is COc1cc(/C=C2\N=C(c3cc(Cl)ccc3OC)OC2=O)ccc1OC(=O)c1ccccc1. The van der Waals surface area contributed by atoms with Crippen molar-refractivity contribution < 1.29 is 28.5 Å². The molecule has 0 fully saturated rings. The number of hydrogen-bond acceptors (Lipinski definition) is 7. The van der Waals surface area contributed by atoms with Crippen molar-refractivity contribution >= 4 is 35.5 Å². The molecule has 0 atom stereocenters. The average molecular weight is 464 g/mol. The predicted molar refractivity (Wildman–Crippen MR) is 123 cm³/mol. The van der Waals surface area contributed by atoms with Crippen LogP contribution in [0.4, 0.5) is 0 Å². The summed E-state index contributed by atoms with van der Waals surface area (Å²) in [5, 5.41) is 0.451. The van der Waals surface area contributed by atoms with Crippen LogP contribution < -0.4 is 14.2 Å². The Balaban J connectivity index is 1.61. The highest BCUT2D eigenvalue weighted by molar-refractivity contribution is 6.31. The molecule has 3 aromatic rings. The third-order valence-corrected chi connectivity index (χ3v) is 4.95. The van der Waals surface area contributed by atoms with E-state index in [-0.39, 0.29) is 17.3 Å². The van der Waals surface area contributed by atoms with Gasteiger partial charge in [0.15, 0.2) is 17.2 Å². The van der Waals surface area contributed by atoms with Crippen LogP contribution in [0.15, 0.2) is 77.4 Å². The van der Waals surface area contributed by atoms with Crippen LogP contribution in [0.25, 0.3) is 6.08 Å². The first-order valence-corrected chi connectivity index (χ1v) is 10.2. The second kappa shape index (κ2) is 9.58. The minimum absolute atomic E-state index is 0.0862. The molecule has 1 heterocycles. The minimum Gasteiger partial charge on any atom is -0.496 e. The Morgan fingerprint density at radius 3 is 2.39 bits per heavy atom. The van der Waals surface area contributed by atoms with E-state index in [4.69, 9.17) is 30.5 Å². The van der Waals surface area contributed by atoms with Gasteiger partial charge in [0.2, 0.25) is 5.90 Å². The number of esters is 2. The molecule has 0 aliphatic carbocycles. The summed E-state index contributed by atoms with van der Waals surface area (Å²) in [6.45, 7) is 0. The maximum atomic E-state index is 12.4. The standard InChI is InChI=1S/C25H18ClNO6/c1-30-20-11-9-17(26)14-18(20)23-27-19(25(29)33-23)12-15-8-10-21(22(13-15)31-2)32-24(28)16-6-4-3-5-7-16/h3-14H,1-2H3/b19-12-. The van der Waals surface area contributed by atoms with E-state index < -0.39 is 11.9 Å². The molecule has 0 aromatic heterocycles. The van der Waals surface area contributed by atoms with Gasteiger partial charge in [-0.1, -0.05) is 35.9 Å². The molecular formula is C25H18ClNO6. The molecule has 33 heavy (non-hydrogen) atoms. The molecule has 3 aromatic carbocycles. The fraction of sp³-hybridized carbons (Fsp3) is 0.0800. The third-order valence-electron chi connectivity index (χ3n) is 4.72. The number of cyclic esters (lactones) is 1. The molecule has 0 unspecified atom stereocenters. The first-order chi connectivity index (χ1) is 16.0. The highest BCUT2D eigenvalue weighted by Gasteiger charge is 2.26. The Kier molecular flexibility index (Phi) is 6.42. The van der Waals surface area contributed by atoms with Gasteiger partial charge < -0.3 is 18.9 Å². The number of ether oxygens (including phenoxy) is 4. The summed E-state index contributed by atoms with van der Waals surface area (Å²) in [6, 6.07) is 18.4. The third kappa shape index (κ3) is 4.88. The lowest BCUT2D eigenvalue weighted by Gasteiger charge is -2.10. The van der Waals surface area contributed by atoms with Crippen LogP contribution in [-0.4, -0.2) is 32.1 Å². The summed E-state index contributed by atoms with van der Waals surface area (Å²) in [4.78, 5) is 29.0. The number of methoxy groups -OCH3 is 2. The first kappa shape index (κ1) is 22.1. The number of aliphatic imine (C=N–C) groups is 1. The molecule has 0 bridgehead atoms. The number of carbonyl (C=O) groups is 2. The normalized spacial score (nSPS) is 14.0. The zero-order valence-electron chi connectivity index (χ0n) is 17.7. The van der Waals surface area contributed by atoms with E-state index in [1.807, 2.05) is 6.07 Å². The van der Waals surface area contributed by atoms with Crippen molar-refractivity contribution in [2.45, 2.75) is 0 Å². The smallest absolute Gasteiger partial charge is 0.363 e. The fourth-order valence-electron chi connectivity index (χ4n) is 3.12. The van der Waals surface area contributed by atoms with E-state index in [1.54, 1.807) is 60.7 Å². The summed E-state index contributed by atoms with van der Waals surface area (Å²) in [5.41, 5.74) is 1.56. The van der Waals surface area contributed by atoms with Crippen LogP contribution in [0.2, 0.25) is 5.02 Å². The van der Waals surface area contributed by atoms with Gasteiger partial charge in [0.1, 0.15) is 5.75 Å². The van der Waals surface area contributed by atoms with Crippen molar-refractivity contribution in [3.8, 4) is 17.2 Å². The van der Waals surface area contributed by atoms with Crippen molar-refractivity contribution in [2.24, 2.45) is 4.99 Å². The predicted octanol–water partition coefficient (Wildman–Crippen LogP) is 4.92. The molecule has 0 saturated carbocycles.